The van der Waals surface area contributed by atoms with E-state index in [2.05, 4.69) is 33.0 Å². The molecule has 0 saturated carbocycles. The average Bonchev–Trinajstić information content (AvgIpc) is 2.41. The summed E-state index contributed by atoms with van der Waals surface area (Å²) in [6.45, 7) is 10.2. The normalized spacial score (nSPS) is 13.4. The molecule has 0 fully saturated rings. The summed E-state index contributed by atoms with van der Waals surface area (Å²) in [5, 5.41) is 13.1. The summed E-state index contributed by atoms with van der Waals surface area (Å²) in [5.74, 6) is 0.337. The molecule has 2 heteroatoms. The predicted molar refractivity (Wildman–Crippen MR) is 87.1 cm³/mol. The molecule has 1 rings (SSSR count). The van der Waals surface area contributed by atoms with Crippen LogP contribution in [0.4, 0.5) is 0 Å². The summed E-state index contributed by atoms with van der Waals surface area (Å²) in [6, 6.07) is 7.94. The molecule has 0 bridgehead atoms. The van der Waals surface area contributed by atoms with E-state index in [4.69, 9.17) is 0 Å². The summed E-state index contributed by atoms with van der Waals surface area (Å²) in [7, 11) is 0. The van der Waals surface area contributed by atoms with E-state index >= 15 is 0 Å². The third kappa shape index (κ3) is 5.96. The third-order valence-electron chi connectivity index (χ3n) is 3.99. The summed E-state index contributed by atoms with van der Waals surface area (Å²) in [5.41, 5.74) is 1.61. The van der Waals surface area contributed by atoms with Crippen LogP contribution in [-0.2, 0) is 0 Å². The monoisotopic (exact) mass is 277 g/mol. The van der Waals surface area contributed by atoms with Crippen molar-refractivity contribution < 1.29 is 5.11 Å². The number of phenols is 1. The molecule has 1 unspecified atom stereocenters. The fourth-order valence-electron chi connectivity index (χ4n) is 2.55. The van der Waals surface area contributed by atoms with Gasteiger partial charge in [-0.3, -0.25) is 0 Å². The van der Waals surface area contributed by atoms with Crippen molar-refractivity contribution in [3.63, 3.8) is 0 Å². The van der Waals surface area contributed by atoms with Crippen molar-refractivity contribution in [3.8, 4) is 5.75 Å². The van der Waals surface area contributed by atoms with E-state index in [1.54, 1.807) is 12.1 Å². The first-order valence-electron chi connectivity index (χ1n) is 8.01. The summed E-state index contributed by atoms with van der Waals surface area (Å²) in [4.78, 5) is 0. The molecular formula is C18H31NO. The van der Waals surface area contributed by atoms with Gasteiger partial charge in [0, 0.05) is 12.6 Å². The Morgan fingerprint density at radius 3 is 2.30 bits per heavy atom. The Morgan fingerprint density at radius 1 is 1.10 bits per heavy atom. The highest BCUT2D eigenvalue weighted by Crippen LogP contribution is 2.25. The highest BCUT2D eigenvalue weighted by molar-refractivity contribution is 5.27. The van der Waals surface area contributed by atoms with Crippen LogP contribution in [0.1, 0.15) is 71.4 Å². The minimum atomic E-state index is 0.337. The zero-order valence-electron chi connectivity index (χ0n) is 13.6. The highest BCUT2D eigenvalue weighted by atomic mass is 16.3. The Kier molecular flexibility index (Phi) is 7.08. The molecule has 0 aliphatic carbocycles. The van der Waals surface area contributed by atoms with Crippen molar-refractivity contribution in [2.75, 3.05) is 6.54 Å². The SMILES string of the molecule is CCCCCC(C)(C)CNC(CC)c1ccc(O)cc1. The van der Waals surface area contributed by atoms with Crippen molar-refractivity contribution in [2.24, 2.45) is 5.41 Å². The number of phenolic OH excluding ortho intramolecular Hbond substituents is 1. The van der Waals surface area contributed by atoms with E-state index in [1.807, 2.05) is 12.1 Å². The first kappa shape index (κ1) is 17.0. The van der Waals surface area contributed by atoms with E-state index in [-0.39, 0.29) is 0 Å². The molecule has 0 amide bonds. The van der Waals surface area contributed by atoms with E-state index in [9.17, 15) is 5.11 Å². The van der Waals surface area contributed by atoms with Gasteiger partial charge >= 0.3 is 0 Å². The van der Waals surface area contributed by atoms with Crippen molar-refractivity contribution >= 4 is 0 Å². The van der Waals surface area contributed by atoms with Crippen LogP contribution in [0.5, 0.6) is 5.75 Å². The molecule has 0 spiro atoms. The first-order chi connectivity index (χ1) is 9.48. The zero-order valence-corrected chi connectivity index (χ0v) is 13.6. The van der Waals surface area contributed by atoms with Gasteiger partial charge in [-0.2, -0.15) is 0 Å². The molecule has 0 aliphatic rings. The van der Waals surface area contributed by atoms with Gasteiger partial charge in [-0.1, -0.05) is 59.1 Å². The zero-order chi connectivity index (χ0) is 15.0. The quantitative estimate of drug-likeness (QED) is 0.620. The van der Waals surface area contributed by atoms with Crippen molar-refractivity contribution in [2.45, 2.75) is 65.8 Å². The van der Waals surface area contributed by atoms with Crippen molar-refractivity contribution in [3.05, 3.63) is 29.8 Å². The molecular weight excluding hydrogens is 246 g/mol. The summed E-state index contributed by atoms with van der Waals surface area (Å²) < 4.78 is 0. The standard InChI is InChI=1S/C18H31NO/c1-5-7-8-13-18(3,4)14-19-17(6-2)15-9-11-16(20)12-10-15/h9-12,17,19-20H,5-8,13-14H2,1-4H3. The number of rotatable bonds is 9. The van der Waals surface area contributed by atoms with Gasteiger partial charge < -0.3 is 10.4 Å². The highest BCUT2D eigenvalue weighted by Gasteiger charge is 2.19. The lowest BCUT2D eigenvalue weighted by Crippen LogP contribution is -2.32. The minimum absolute atomic E-state index is 0.337. The molecule has 0 saturated heterocycles. The number of hydrogen-bond donors (Lipinski definition) is 2. The van der Waals surface area contributed by atoms with Gasteiger partial charge in [0.15, 0.2) is 0 Å². The number of unbranched alkanes of at least 4 members (excludes halogenated alkanes) is 2. The topological polar surface area (TPSA) is 32.3 Å². The fourth-order valence-corrected chi connectivity index (χ4v) is 2.55. The fraction of sp³-hybridized carbons (Fsp3) is 0.667. The van der Waals surface area contributed by atoms with Gasteiger partial charge in [0.05, 0.1) is 0 Å². The maximum atomic E-state index is 9.37. The van der Waals surface area contributed by atoms with Crippen LogP contribution in [0.25, 0.3) is 0 Å². The summed E-state index contributed by atoms with van der Waals surface area (Å²) in [6.07, 6.45) is 6.28. The maximum absolute atomic E-state index is 9.37. The van der Waals surface area contributed by atoms with Gasteiger partial charge in [-0.15, -0.1) is 0 Å². The van der Waals surface area contributed by atoms with Gasteiger partial charge in [0.25, 0.3) is 0 Å². The minimum Gasteiger partial charge on any atom is -0.508 e. The number of nitrogens with one attached hydrogen (secondary N) is 1. The Hall–Kier alpha value is -1.02. The van der Waals surface area contributed by atoms with E-state index in [0.29, 0.717) is 17.2 Å². The molecule has 0 aromatic heterocycles. The Balaban J connectivity index is 2.50. The van der Waals surface area contributed by atoms with Gasteiger partial charge in [-0.05, 0) is 36.0 Å². The van der Waals surface area contributed by atoms with Gasteiger partial charge in [0.2, 0.25) is 0 Å². The van der Waals surface area contributed by atoms with Crippen LogP contribution >= 0.6 is 0 Å². The lowest BCUT2D eigenvalue weighted by atomic mass is 9.86. The van der Waals surface area contributed by atoms with Crippen LogP contribution in [0.3, 0.4) is 0 Å². The molecule has 2 N–H and O–H groups in total. The predicted octanol–water partition coefficient (Wildman–Crippen LogP) is 5.04. The molecule has 20 heavy (non-hydrogen) atoms. The largest absolute Gasteiger partial charge is 0.508 e. The van der Waals surface area contributed by atoms with Crippen molar-refractivity contribution in [1.82, 2.24) is 5.32 Å². The second-order valence-corrected chi connectivity index (χ2v) is 6.55. The molecule has 0 heterocycles. The maximum Gasteiger partial charge on any atom is 0.115 e. The molecule has 1 atom stereocenters. The van der Waals surface area contributed by atoms with Gasteiger partial charge in [-0.25, -0.2) is 0 Å². The second-order valence-electron chi connectivity index (χ2n) is 6.55. The van der Waals surface area contributed by atoms with E-state index in [1.165, 1.54) is 31.2 Å². The van der Waals surface area contributed by atoms with Crippen molar-refractivity contribution in [1.29, 1.82) is 0 Å². The van der Waals surface area contributed by atoms with Gasteiger partial charge in [0.1, 0.15) is 5.75 Å². The van der Waals surface area contributed by atoms with Crippen LogP contribution in [0, 0.1) is 5.41 Å². The Morgan fingerprint density at radius 2 is 1.75 bits per heavy atom. The summed E-state index contributed by atoms with van der Waals surface area (Å²) >= 11 is 0. The van der Waals surface area contributed by atoms with Crippen LogP contribution in [0.2, 0.25) is 0 Å². The molecule has 2 nitrogen and oxygen atoms in total. The molecule has 1 aromatic carbocycles. The number of hydrogen-bond acceptors (Lipinski definition) is 2. The third-order valence-corrected chi connectivity index (χ3v) is 3.99. The van der Waals surface area contributed by atoms with E-state index in [0.717, 1.165) is 13.0 Å². The van der Waals surface area contributed by atoms with Crippen LogP contribution < -0.4 is 5.32 Å². The Bertz CT molecular complexity index is 370. The number of benzene rings is 1. The Labute approximate surface area is 124 Å². The van der Waals surface area contributed by atoms with E-state index < -0.39 is 0 Å². The number of aromatic hydroxyl groups is 1. The average molecular weight is 277 g/mol. The molecule has 0 radical (unpaired) electrons. The molecule has 114 valence electrons. The van der Waals surface area contributed by atoms with Crippen LogP contribution in [-0.4, -0.2) is 11.7 Å². The smallest absolute Gasteiger partial charge is 0.115 e. The second kappa shape index (κ2) is 8.31. The lowest BCUT2D eigenvalue weighted by molar-refractivity contribution is 0.285. The lowest BCUT2D eigenvalue weighted by Gasteiger charge is -2.28. The van der Waals surface area contributed by atoms with Crippen LogP contribution in [0.15, 0.2) is 24.3 Å². The molecule has 0 aliphatic heterocycles. The molecule has 1 aromatic rings. The first-order valence-corrected chi connectivity index (χ1v) is 8.01.